The van der Waals surface area contributed by atoms with Crippen molar-refractivity contribution in [3.63, 3.8) is 0 Å². The van der Waals surface area contributed by atoms with Gasteiger partial charge < -0.3 is 10.4 Å². The number of halogens is 1. The van der Waals surface area contributed by atoms with Crippen molar-refractivity contribution in [1.82, 2.24) is 5.32 Å². The van der Waals surface area contributed by atoms with Gasteiger partial charge in [0.15, 0.2) is 0 Å². The van der Waals surface area contributed by atoms with Gasteiger partial charge in [0, 0.05) is 16.5 Å². The Kier molecular flexibility index (Phi) is 5.43. The molecule has 0 aliphatic carbocycles. The monoisotopic (exact) mass is 319 g/mol. The lowest BCUT2D eigenvalue weighted by atomic mass is 10.1. The van der Waals surface area contributed by atoms with Crippen LogP contribution >= 0.6 is 11.3 Å². The summed E-state index contributed by atoms with van der Waals surface area (Å²) < 4.78 is 13.4. The van der Waals surface area contributed by atoms with Gasteiger partial charge in [-0.1, -0.05) is 24.3 Å². The number of benzene rings is 1. The van der Waals surface area contributed by atoms with Crippen molar-refractivity contribution < 1.29 is 19.1 Å². The van der Waals surface area contributed by atoms with E-state index in [0.717, 1.165) is 4.88 Å². The summed E-state index contributed by atoms with van der Waals surface area (Å²) in [6.45, 7) is 0. The van der Waals surface area contributed by atoms with Gasteiger partial charge in [0.25, 0.3) is 0 Å². The summed E-state index contributed by atoms with van der Waals surface area (Å²) in [4.78, 5) is 23.6. The topological polar surface area (TPSA) is 66.4 Å². The predicted molar refractivity (Wildman–Crippen MR) is 82.9 cm³/mol. The fourth-order valence-corrected chi connectivity index (χ4v) is 2.66. The Labute approximate surface area is 130 Å². The summed E-state index contributed by atoms with van der Waals surface area (Å²) in [7, 11) is 0. The van der Waals surface area contributed by atoms with E-state index in [1.807, 2.05) is 5.38 Å². The second kappa shape index (κ2) is 7.51. The summed E-state index contributed by atoms with van der Waals surface area (Å²) in [5.74, 6) is -1.90. The highest BCUT2D eigenvalue weighted by molar-refractivity contribution is 7.10. The Bertz CT molecular complexity index is 682. The summed E-state index contributed by atoms with van der Waals surface area (Å²) in [5.41, 5.74) is 0.295. The Balaban J connectivity index is 2.05. The maximum atomic E-state index is 13.4. The molecule has 0 spiro atoms. The van der Waals surface area contributed by atoms with Gasteiger partial charge in [-0.3, -0.25) is 9.59 Å². The maximum Gasteiger partial charge on any atom is 0.305 e. The smallest absolute Gasteiger partial charge is 0.305 e. The second-order valence-electron chi connectivity index (χ2n) is 4.53. The molecule has 0 bridgehead atoms. The zero-order valence-corrected chi connectivity index (χ0v) is 12.3. The molecule has 4 nitrogen and oxygen atoms in total. The molecule has 0 saturated carbocycles. The first-order valence-corrected chi connectivity index (χ1v) is 7.42. The third kappa shape index (κ3) is 4.53. The van der Waals surface area contributed by atoms with Crippen LogP contribution in [0.3, 0.4) is 0 Å². The molecular formula is C16H14FNO3S. The number of carboxylic acid groups (broad SMARTS) is 1. The minimum Gasteiger partial charge on any atom is -0.481 e. The van der Waals surface area contributed by atoms with Crippen LogP contribution in [0, 0.1) is 5.82 Å². The normalized spacial score (nSPS) is 12.2. The van der Waals surface area contributed by atoms with E-state index in [-0.39, 0.29) is 6.42 Å². The van der Waals surface area contributed by atoms with Crippen LogP contribution in [-0.2, 0) is 9.59 Å². The standard InChI is InChI=1S/C16H14FNO3S/c17-12-5-2-1-4-11(12)7-8-15(19)18-13(10-16(20)21)14-6-3-9-22-14/h1-9,13H,10H2,(H,18,19)(H,20,21)/b8-7-/t13-/m1/s1. The number of carbonyl (C=O) groups is 2. The van der Waals surface area contributed by atoms with Crippen molar-refractivity contribution >= 4 is 29.3 Å². The number of carboxylic acids is 1. The molecule has 0 unspecified atom stereocenters. The quantitative estimate of drug-likeness (QED) is 0.803. The predicted octanol–water partition coefficient (Wildman–Crippen LogP) is 3.23. The SMILES string of the molecule is O=C(O)C[C@@H](NC(=O)/C=C\c1ccccc1F)c1cccs1. The molecule has 114 valence electrons. The van der Waals surface area contributed by atoms with Crippen molar-refractivity contribution in [2.45, 2.75) is 12.5 Å². The Morgan fingerprint density at radius 3 is 2.68 bits per heavy atom. The van der Waals surface area contributed by atoms with E-state index in [1.165, 1.54) is 29.6 Å². The largest absolute Gasteiger partial charge is 0.481 e. The number of aliphatic carboxylic acids is 1. The molecule has 6 heteroatoms. The first-order chi connectivity index (χ1) is 10.6. The molecule has 0 radical (unpaired) electrons. The van der Waals surface area contributed by atoms with Crippen LogP contribution in [0.25, 0.3) is 6.08 Å². The number of hydrogen-bond acceptors (Lipinski definition) is 3. The van der Waals surface area contributed by atoms with Crippen LogP contribution < -0.4 is 5.32 Å². The molecule has 0 fully saturated rings. The van der Waals surface area contributed by atoms with E-state index in [4.69, 9.17) is 5.11 Å². The van der Waals surface area contributed by atoms with E-state index < -0.39 is 23.7 Å². The van der Waals surface area contributed by atoms with Crippen LogP contribution in [0.15, 0.2) is 47.9 Å². The summed E-state index contributed by atoms with van der Waals surface area (Å²) in [6.07, 6.45) is 2.34. The van der Waals surface area contributed by atoms with E-state index >= 15 is 0 Å². The van der Waals surface area contributed by atoms with E-state index in [2.05, 4.69) is 5.32 Å². The van der Waals surface area contributed by atoms with E-state index in [0.29, 0.717) is 5.56 Å². The van der Waals surface area contributed by atoms with Crippen LogP contribution in [-0.4, -0.2) is 17.0 Å². The third-order valence-electron chi connectivity index (χ3n) is 2.90. The van der Waals surface area contributed by atoms with Crippen molar-refractivity contribution in [2.24, 2.45) is 0 Å². The Morgan fingerprint density at radius 1 is 1.27 bits per heavy atom. The lowest BCUT2D eigenvalue weighted by Crippen LogP contribution is -2.28. The van der Waals surface area contributed by atoms with Crippen LogP contribution in [0.4, 0.5) is 4.39 Å². The van der Waals surface area contributed by atoms with Crippen LogP contribution in [0.5, 0.6) is 0 Å². The van der Waals surface area contributed by atoms with Gasteiger partial charge in [0.1, 0.15) is 5.82 Å². The number of nitrogens with one attached hydrogen (secondary N) is 1. The first-order valence-electron chi connectivity index (χ1n) is 6.54. The molecule has 1 aromatic heterocycles. The first kappa shape index (κ1) is 15.9. The second-order valence-corrected chi connectivity index (χ2v) is 5.51. The zero-order valence-electron chi connectivity index (χ0n) is 11.5. The van der Waals surface area contributed by atoms with Crippen LogP contribution in [0.1, 0.15) is 22.9 Å². The van der Waals surface area contributed by atoms with Gasteiger partial charge >= 0.3 is 5.97 Å². The summed E-state index contributed by atoms with van der Waals surface area (Å²) in [6, 6.07) is 9.03. The number of rotatable bonds is 6. The Morgan fingerprint density at radius 2 is 2.05 bits per heavy atom. The zero-order chi connectivity index (χ0) is 15.9. The molecule has 1 amide bonds. The van der Waals surface area contributed by atoms with Crippen molar-refractivity contribution in [3.05, 3.63) is 64.1 Å². The fraction of sp³-hybridized carbons (Fsp3) is 0.125. The number of amides is 1. The minimum atomic E-state index is -1.00. The van der Waals surface area contributed by atoms with Crippen molar-refractivity contribution in [3.8, 4) is 0 Å². The average Bonchev–Trinajstić information content (AvgIpc) is 2.99. The molecular weight excluding hydrogens is 305 g/mol. The summed E-state index contributed by atoms with van der Waals surface area (Å²) >= 11 is 1.37. The van der Waals surface area contributed by atoms with Gasteiger partial charge in [-0.05, 0) is 23.6 Å². The third-order valence-corrected chi connectivity index (χ3v) is 3.89. The number of thiophene rings is 1. The van der Waals surface area contributed by atoms with Crippen LogP contribution in [0.2, 0.25) is 0 Å². The number of carbonyl (C=O) groups excluding carboxylic acids is 1. The highest BCUT2D eigenvalue weighted by atomic mass is 32.1. The number of hydrogen-bond donors (Lipinski definition) is 2. The Hall–Kier alpha value is -2.47. The molecule has 1 heterocycles. The highest BCUT2D eigenvalue weighted by Crippen LogP contribution is 2.22. The van der Waals surface area contributed by atoms with Gasteiger partial charge in [-0.25, -0.2) is 4.39 Å². The van der Waals surface area contributed by atoms with E-state index in [9.17, 15) is 14.0 Å². The lowest BCUT2D eigenvalue weighted by molar-refractivity contribution is -0.137. The molecule has 2 N–H and O–H groups in total. The average molecular weight is 319 g/mol. The molecule has 2 aromatic rings. The highest BCUT2D eigenvalue weighted by Gasteiger charge is 2.17. The minimum absolute atomic E-state index is 0.209. The molecule has 2 rings (SSSR count). The molecule has 0 aliphatic rings. The van der Waals surface area contributed by atoms with Gasteiger partial charge in [0.2, 0.25) is 5.91 Å². The van der Waals surface area contributed by atoms with Crippen molar-refractivity contribution in [2.75, 3.05) is 0 Å². The van der Waals surface area contributed by atoms with Crippen molar-refractivity contribution in [1.29, 1.82) is 0 Å². The summed E-state index contributed by atoms with van der Waals surface area (Å²) in [5, 5.41) is 13.4. The van der Waals surface area contributed by atoms with Gasteiger partial charge in [-0.15, -0.1) is 11.3 Å². The maximum absolute atomic E-state index is 13.4. The lowest BCUT2D eigenvalue weighted by Gasteiger charge is -2.14. The fourth-order valence-electron chi connectivity index (χ4n) is 1.88. The van der Waals surface area contributed by atoms with Gasteiger partial charge in [-0.2, -0.15) is 0 Å². The molecule has 0 saturated heterocycles. The molecule has 1 atom stereocenters. The molecule has 0 aliphatic heterocycles. The van der Waals surface area contributed by atoms with E-state index in [1.54, 1.807) is 30.3 Å². The molecule has 1 aromatic carbocycles. The molecule has 22 heavy (non-hydrogen) atoms. The van der Waals surface area contributed by atoms with Gasteiger partial charge in [0.05, 0.1) is 12.5 Å².